The van der Waals surface area contributed by atoms with E-state index in [1.807, 2.05) is 43.7 Å². The number of carbonyl (C=O) groups is 1. The minimum absolute atomic E-state index is 0.0332. The molecule has 4 aromatic rings. The molecule has 0 aliphatic heterocycles. The molecule has 0 unspecified atom stereocenters. The molecule has 0 radical (unpaired) electrons. The highest BCUT2D eigenvalue weighted by molar-refractivity contribution is 5.96. The van der Waals surface area contributed by atoms with E-state index in [9.17, 15) is 9.18 Å². The number of H-pyrrole nitrogens is 1. The van der Waals surface area contributed by atoms with Crippen LogP contribution in [0, 0.1) is 5.82 Å². The van der Waals surface area contributed by atoms with Gasteiger partial charge in [0.25, 0.3) is 0 Å². The molecule has 4 rings (SSSR count). The van der Waals surface area contributed by atoms with Crippen LogP contribution in [0.15, 0.2) is 61.1 Å². The summed E-state index contributed by atoms with van der Waals surface area (Å²) in [6.07, 6.45) is 6.61. The van der Waals surface area contributed by atoms with E-state index in [0.717, 1.165) is 33.3 Å². The third-order valence-electron chi connectivity index (χ3n) is 4.52. The molecular formula is C21H19FN4O. The SMILES string of the molecule is Cn1cc(CCC(=O)Nc2ccc(-c3c[nH]c4cc(F)ccc34)cc2)cn1. The first kappa shape index (κ1) is 17.0. The fourth-order valence-electron chi connectivity index (χ4n) is 3.15. The van der Waals surface area contributed by atoms with Gasteiger partial charge >= 0.3 is 0 Å². The molecule has 6 heteroatoms. The van der Waals surface area contributed by atoms with Gasteiger partial charge in [-0.05, 0) is 47.9 Å². The highest BCUT2D eigenvalue weighted by atomic mass is 19.1. The summed E-state index contributed by atoms with van der Waals surface area (Å²) in [5.41, 5.74) is 4.55. The average molecular weight is 362 g/mol. The largest absolute Gasteiger partial charge is 0.360 e. The maximum atomic E-state index is 13.3. The van der Waals surface area contributed by atoms with Crippen LogP contribution < -0.4 is 5.32 Å². The van der Waals surface area contributed by atoms with Crippen LogP contribution in [0.25, 0.3) is 22.0 Å². The van der Waals surface area contributed by atoms with Crippen LogP contribution in [-0.4, -0.2) is 20.7 Å². The second-order valence-corrected chi connectivity index (χ2v) is 6.54. The zero-order chi connectivity index (χ0) is 18.8. The number of hydrogen-bond acceptors (Lipinski definition) is 2. The molecule has 0 atom stereocenters. The van der Waals surface area contributed by atoms with Crippen molar-refractivity contribution in [1.82, 2.24) is 14.8 Å². The first-order valence-electron chi connectivity index (χ1n) is 8.73. The Hall–Kier alpha value is -3.41. The Kier molecular flexibility index (Phi) is 4.46. The van der Waals surface area contributed by atoms with Crippen molar-refractivity contribution < 1.29 is 9.18 Å². The summed E-state index contributed by atoms with van der Waals surface area (Å²) in [5.74, 6) is -0.297. The number of aryl methyl sites for hydroxylation is 2. The molecule has 2 N–H and O–H groups in total. The van der Waals surface area contributed by atoms with Gasteiger partial charge < -0.3 is 10.3 Å². The standard InChI is InChI=1S/C21H19FN4O/c1-26-13-14(11-24-26)2-9-21(27)25-17-6-3-15(4-7-17)19-12-23-20-10-16(22)5-8-18(19)20/h3-8,10-13,23H,2,9H2,1H3,(H,25,27). The predicted octanol–water partition coefficient (Wildman–Crippen LogP) is 4.28. The maximum absolute atomic E-state index is 13.3. The van der Waals surface area contributed by atoms with E-state index < -0.39 is 0 Å². The van der Waals surface area contributed by atoms with Crippen LogP contribution in [-0.2, 0) is 18.3 Å². The van der Waals surface area contributed by atoms with Crippen molar-refractivity contribution in [1.29, 1.82) is 0 Å². The number of nitrogens with zero attached hydrogens (tertiary/aromatic N) is 2. The fourth-order valence-corrected chi connectivity index (χ4v) is 3.15. The fraction of sp³-hybridized carbons (Fsp3) is 0.143. The van der Waals surface area contributed by atoms with E-state index in [0.29, 0.717) is 12.8 Å². The number of anilines is 1. The number of nitrogens with one attached hydrogen (secondary N) is 2. The summed E-state index contributed by atoms with van der Waals surface area (Å²) in [4.78, 5) is 15.2. The van der Waals surface area contributed by atoms with Gasteiger partial charge in [0.05, 0.1) is 6.20 Å². The van der Waals surface area contributed by atoms with Crippen molar-refractivity contribution >= 4 is 22.5 Å². The molecule has 0 aliphatic rings. The summed E-state index contributed by atoms with van der Waals surface area (Å²) in [6, 6.07) is 12.3. The summed E-state index contributed by atoms with van der Waals surface area (Å²) in [5, 5.41) is 7.98. The monoisotopic (exact) mass is 362 g/mol. The smallest absolute Gasteiger partial charge is 0.224 e. The molecule has 0 spiro atoms. The van der Waals surface area contributed by atoms with Crippen molar-refractivity contribution in [3.05, 3.63) is 72.4 Å². The molecule has 27 heavy (non-hydrogen) atoms. The van der Waals surface area contributed by atoms with Crippen molar-refractivity contribution in [2.75, 3.05) is 5.32 Å². The van der Waals surface area contributed by atoms with Gasteiger partial charge in [-0.25, -0.2) is 4.39 Å². The quantitative estimate of drug-likeness (QED) is 0.557. The molecule has 1 amide bonds. The third kappa shape index (κ3) is 3.74. The molecule has 0 fully saturated rings. The van der Waals surface area contributed by atoms with Crippen LogP contribution >= 0.6 is 0 Å². The Morgan fingerprint density at radius 1 is 1.22 bits per heavy atom. The third-order valence-corrected chi connectivity index (χ3v) is 4.52. The first-order chi connectivity index (χ1) is 13.1. The number of hydrogen-bond donors (Lipinski definition) is 2. The van der Waals surface area contributed by atoms with Gasteiger partial charge in [0.2, 0.25) is 5.91 Å². The Balaban J connectivity index is 1.43. The van der Waals surface area contributed by atoms with Gasteiger partial charge in [0.1, 0.15) is 5.82 Å². The van der Waals surface area contributed by atoms with Crippen LogP contribution in [0.5, 0.6) is 0 Å². The van der Waals surface area contributed by atoms with Crippen LogP contribution in [0.3, 0.4) is 0 Å². The van der Waals surface area contributed by atoms with Gasteiger partial charge in [-0.2, -0.15) is 5.10 Å². The highest BCUT2D eigenvalue weighted by Crippen LogP contribution is 2.29. The first-order valence-corrected chi connectivity index (χ1v) is 8.73. The summed E-state index contributed by atoms with van der Waals surface area (Å²) in [7, 11) is 1.86. The van der Waals surface area contributed by atoms with Gasteiger partial charge in [-0.1, -0.05) is 12.1 Å². The van der Waals surface area contributed by atoms with Crippen molar-refractivity contribution in [3.63, 3.8) is 0 Å². The van der Waals surface area contributed by atoms with E-state index >= 15 is 0 Å². The Labute approximate surface area is 155 Å². The molecule has 0 bridgehead atoms. The second-order valence-electron chi connectivity index (χ2n) is 6.54. The normalized spacial score (nSPS) is 11.0. The molecule has 0 saturated carbocycles. The molecule has 0 saturated heterocycles. The Bertz CT molecular complexity index is 1100. The summed E-state index contributed by atoms with van der Waals surface area (Å²) >= 11 is 0. The van der Waals surface area contributed by atoms with Crippen molar-refractivity contribution in [3.8, 4) is 11.1 Å². The van der Waals surface area contributed by atoms with E-state index in [1.54, 1.807) is 16.9 Å². The van der Waals surface area contributed by atoms with Crippen molar-refractivity contribution in [2.24, 2.45) is 7.05 Å². The lowest BCUT2D eigenvalue weighted by Gasteiger charge is -2.06. The maximum Gasteiger partial charge on any atom is 0.224 e. The molecule has 2 aromatic carbocycles. The van der Waals surface area contributed by atoms with Crippen LogP contribution in [0.1, 0.15) is 12.0 Å². The lowest BCUT2D eigenvalue weighted by atomic mass is 10.0. The lowest BCUT2D eigenvalue weighted by molar-refractivity contribution is -0.116. The Morgan fingerprint density at radius 2 is 2.04 bits per heavy atom. The van der Waals surface area contributed by atoms with E-state index in [1.165, 1.54) is 12.1 Å². The summed E-state index contributed by atoms with van der Waals surface area (Å²) in [6.45, 7) is 0. The number of halogens is 1. The molecular weight excluding hydrogens is 343 g/mol. The highest BCUT2D eigenvalue weighted by Gasteiger charge is 2.08. The van der Waals surface area contributed by atoms with Gasteiger partial charge in [0, 0.05) is 48.0 Å². The molecule has 5 nitrogen and oxygen atoms in total. The van der Waals surface area contributed by atoms with E-state index in [4.69, 9.17) is 0 Å². The number of benzene rings is 2. The topological polar surface area (TPSA) is 62.7 Å². The van der Waals surface area contributed by atoms with Crippen molar-refractivity contribution in [2.45, 2.75) is 12.8 Å². The predicted molar refractivity (Wildman–Crippen MR) is 104 cm³/mol. The second kappa shape index (κ2) is 7.07. The number of aromatic nitrogens is 3. The molecule has 0 aliphatic carbocycles. The number of amides is 1. The number of fused-ring (bicyclic) bond motifs is 1. The zero-order valence-corrected chi connectivity index (χ0v) is 14.9. The zero-order valence-electron chi connectivity index (χ0n) is 14.9. The van der Waals surface area contributed by atoms with E-state index in [-0.39, 0.29) is 11.7 Å². The molecule has 136 valence electrons. The van der Waals surface area contributed by atoms with Crippen LogP contribution in [0.2, 0.25) is 0 Å². The Morgan fingerprint density at radius 3 is 2.78 bits per heavy atom. The minimum Gasteiger partial charge on any atom is -0.360 e. The number of carbonyl (C=O) groups excluding carboxylic acids is 1. The number of aromatic amines is 1. The van der Waals surface area contributed by atoms with Gasteiger partial charge in [0.15, 0.2) is 0 Å². The van der Waals surface area contributed by atoms with Crippen LogP contribution in [0.4, 0.5) is 10.1 Å². The minimum atomic E-state index is -0.264. The molecule has 2 heterocycles. The average Bonchev–Trinajstić information content (AvgIpc) is 3.26. The number of rotatable bonds is 5. The summed E-state index contributed by atoms with van der Waals surface area (Å²) < 4.78 is 15.1. The lowest BCUT2D eigenvalue weighted by Crippen LogP contribution is -2.12. The van der Waals surface area contributed by atoms with Gasteiger partial charge in [-0.3, -0.25) is 9.48 Å². The van der Waals surface area contributed by atoms with E-state index in [2.05, 4.69) is 15.4 Å². The molecule has 2 aromatic heterocycles. The van der Waals surface area contributed by atoms with Gasteiger partial charge in [-0.15, -0.1) is 0 Å².